The van der Waals surface area contributed by atoms with E-state index in [1.54, 1.807) is 32.1 Å². The summed E-state index contributed by atoms with van der Waals surface area (Å²) in [7, 11) is 1.46. The number of fused-ring (bicyclic) bond motifs is 1. The summed E-state index contributed by atoms with van der Waals surface area (Å²) in [4.78, 5) is 32.0. The van der Waals surface area contributed by atoms with E-state index in [-0.39, 0.29) is 24.0 Å². The quantitative estimate of drug-likeness (QED) is 0.492. The van der Waals surface area contributed by atoms with Crippen molar-refractivity contribution in [2.24, 2.45) is 4.99 Å². The Morgan fingerprint density at radius 1 is 1.22 bits per heavy atom. The molecule has 0 radical (unpaired) electrons. The number of benzene rings is 2. The van der Waals surface area contributed by atoms with Crippen molar-refractivity contribution < 1.29 is 24.1 Å². The first-order chi connectivity index (χ1) is 17.2. The maximum Gasteiger partial charge on any atom is 0.338 e. The lowest BCUT2D eigenvalue weighted by Crippen LogP contribution is -2.40. The Morgan fingerprint density at radius 2 is 1.97 bits per heavy atom. The Balaban J connectivity index is 1.97. The zero-order chi connectivity index (χ0) is 26.0. The summed E-state index contributed by atoms with van der Waals surface area (Å²) < 4.78 is 18.6. The van der Waals surface area contributed by atoms with Gasteiger partial charge in [-0.3, -0.25) is 9.36 Å². The van der Waals surface area contributed by atoms with Gasteiger partial charge in [0.25, 0.3) is 5.56 Å². The zero-order valence-corrected chi connectivity index (χ0v) is 21.6. The van der Waals surface area contributed by atoms with Gasteiger partial charge in [-0.05, 0) is 57.5 Å². The summed E-state index contributed by atoms with van der Waals surface area (Å²) in [5.41, 5.74) is 1.82. The molecule has 1 aromatic heterocycles. The van der Waals surface area contributed by atoms with Crippen LogP contribution in [-0.4, -0.2) is 35.5 Å². The molecule has 0 saturated carbocycles. The van der Waals surface area contributed by atoms with Crippen LogP contribution in [0.25, 0.3) is 6.08 Å². The van der Waals surface area contributed by atoms with E-state index in [2.05, 4.69) is 4.99 Å². The number of hydrogen-bond donors (Lipinski definition) is 1. The van der Waals surface area contributed by atoms with Crippen LogP contribution in [0.1, 0.15) is 44.9 Å². The van der Waals surface area contributed by atoms with Crippen molar-refractivity contribution in [3.8, 4) is 17.2 Å². The molecule has 188 valence electrons. The van der Waals surface area contributed by atoms with Crippen LogP contribution in [0.4, 0.5) is 0 Å². The maximum atomic E-state index is 13.8. The molecule has 0 saturated heterocycles. The number of para-hydroxylation sites is 1. The minimum atomic E-state index is -0.772. The predicted molar refractivity (Wildman–Crippen MR) is 137 cm³/mol. The average molecular weight is 509 g/mol. The molecule has 1 N–H and O–H groups in total. The van der Waals surface area contributed by atoms with Crippen molar-refractivity contribution in [3.05, 3.63) is 84.5 Å². The number of hydrogen-bond acceptors (Lipinski definition) is 8. The van der Waals surface area contributed by atoms with Gasteiger partial charge in [0.2, 0.25) is 0 Å². The summed E-state index contributed by atoms with van der Waals surface area (Å²) in [6.07, 6.45) is 1.60. The largest absolute Gasteiger partial charge is 0.504 e. The minimum Gasteiger partial charge on any atom is -0.504 e. The lowest BCUT2D eigenvalue weighted by molar-refractivity contribution is -0.139. The molecule has 2 aromatic carbocycles. The zero-order valence-electron chi connectivity index (χ0n) is 20.8. The van der Waals surface area contributed by atoms with E-state index in [9.17, 15) is 14.7 Å². The molecule has 4 rings (SSSR count). The highest BCUT2D eigenvalue weighted by atomic mass is 32.1. The predicted octanol–water partition coefficient (Wildman–Crippen LogP) is 3.30. The van der Waals surface area contributed by atoms with Crippen molar-refractivity contribution in [2.75, 3.05) is 13.7 Å². The molecule has 0 amide bonds. The molecular formula is C27H28N2O6S. The Bertz CT molecular complexity index is 1520. The summed E-state index contributed by atoms with van der Waals surface area (Å²) in [5, 5.41) is 9.91. The fraction of sp³-hybridized carbons (Fsp3) is 0.296. The second kappa shape index (κ2) is 10.4. The minimum absolute atomic E-state index is 0.00701. The molecule has 9 heteroatoms. The number of allylic oxidation sites excluding steroid dienone is 1. The van der Waals surface area contributed by atoms with E-state index >= 15 is 0 Å². The van der Waals surface area contributed by atoms with Gasteiger partial charge in [0.1, 0.15) is 11.8 Å². The number of phenols is 1. The first-order valence-corrected chi connectivity index (χ1v) is 12.4. The van der Waals surface area contributed by atoms with Crippen LogP contribution in [0.15, 0.2) is 63.5 Å². The molecule has 3 aromatic rings. The van der Waals surface area contributed by atoms with E-state index in [4.69, 9.17) is 14.2 Å². The first kappa shape index (κ1) is 25.2. The van der Waals surface area contributed by atoms with E-state index in [0.717, 1.165) is 0 Å². The molecule has 0 bridgehead atoms. The highest BCUT2D eigenvalue weighted by Crippen LogP contribution is 2.36. The van der Waals surface area contributed by atoms with Crippen LogP contribution >= 0.6 is 11.3 Å². The molecule has 0 aliphatic carbocycles. The first-order valence-electron chi connectivity index (χ1n) is 11.6. The van der Waals surface area contributed by atoms with Gasteiger partial charge in [0.15, 0.2) is 16.3 Å². The normalized spacial score (nSPS) is 15.5. The van der Waals surface area contributed by atoms with Gasteiger partial charge in [-0.15, -0.1) is 0 Å². The number of carbonyl (C=O) groups excluding carboxylic acids is 1. The Kier molecular flexibility index (Phi) is 7.30. The third kappa shape index (κ3) is 4.79. The molecule has 1 atom stereocenters. The summed E-state index contributed by atoms with van der Waals surface area (Å²) in [6, 6.07) is 11.4. The molecule has 1 aliphatic heterocycles. The number of rotatable bonds is 7. The molecule has 8 nitrogen and oxygen atoms in total. The summed E-state index contributed by atoms with van der Waals surface area (Å²) in [5.74, 6) is 0.356. The van der Waals surface area contributed by atoms with E-state index in [1.165, 1.54) is 29.1 Å². The molecular weight excluding hydrogens is 480 g/mol. The third-order valence-corrected chi connectivity index (χ3v) is 6.58. The topological polar surface area (TPSA) is 99.4 Å². The Labute approximate surface area is 212 Å². The van der Waals surface area contributed by atoms with Crippen LogP contribution in [-0.2, 0) is 9.53 Å². The van der Waals surface area contributed by atoms with E-state index < -0.39 is 12.0 Å². The smallest absolute Gasteiger partial charge is 0.338 e. The van der Waals surface area contributed by atoms with Crippen LogP contribution in [0.2, 0.25) is 0 Å². The summed E-state index contributed by atoms with van der Waals surface area (Å²) in [6.45, 7) is 7.51. The number of nitrogens with zero attached hydrogens (tertiary/aromatic N) is 2. The van der Waals surface area contributed by atoms with Gasteiger partial charge in [-0.1, -0.05) is 35.6 Å². The molecule has 2 heterocycles. The van der Waals surface area contributed by atoms with Crippen molar-refractivity contribution in [1.29, 1.82) is 0 Å². The SMILES string of the molecule is CCOC(=O)C1=C(C)N=c2sc(=Cc3ccc(O)c(OC)c3)c(=O)n2C1c1ccccc1OC(C)C. The van der Waals surface area contributed by atoms with Gasteiger partial charge in [-0.25, -0.2) is 9.79 Å². The number of methoxy groups -OCH3 is 1. The van der Waals surface area contributed by atoms with Crippen molar-refractivity contribution in [1.82, 2.24) is 4.57 Å². The van der Waals surface area contributed by atoms with E-state index in [1.807, 2.05) is 38.1 Å². The monoisotopic (exact) mass is 508 g/mol. The molecule has 0 fully saturated rings. The van der Waals surface area contributed by atoms with Gasteiger partial charge < -0.3 is 19.3 Å². The van der Waals surface area contributed by atoms with Gasteiger partial charge in [-0.2, -0.15) is 0 Å². The van der Waals surface area contributed by atoms with Crippen LogP contribution in [0.5, 0.6) is 17.2 Å². The second-order valence-corrected chi connectivity index (χ2v) is 9.45. The van der Waals surface area contributed by atoms with Gasteiger partial charge in [0.05, 0.1) is 35.6 Å². The molecule has 1 aliphatic rings. The Hall–Kier alpha value is -3.85. The van der Waals surface area contributed by atoms with Crippen LogP contribution in [0, 0.1) is 0 Å². The Morgan fingerprint density at radius 3 is 2.67 bits per heavy atom. The van der Waals surface area contributed by atoms with Crippen LogP contribution < -0.4 is 24.4 Å². The molecule has 36 heavy (non-hydrogen) atoms. The fourth-order valence-electron chi connectivity index (χ4n) is 4.09. The lowest BCUT2D eigenvalue weighted by Gasteiger charge is -2.26. The summed E-state index contributed by atoms with van der Waals surface area (Å²) >= 11 is 1.22. The lowest BCUT2D eigenvalue weighted by atomic mass is 9.95. The number of aromatic nitrogens is 1. The number of phenolic OH excluding ortho intramolecular Hbond substituents is 1. The number of esters is 1. The van der Waals surface area contributed by atoms with Crippen LogP contribution in [0.3, 0.4) is 0 Å². The number of ether oxygens (including phenoxy) is 3. The average Bonchev–Trinajstić information content (AvgIpc) is 3.14. The fourth-order valence-corrected chi connectivity index (χ4v) is 5.14. The van der Waals surface area contributed by atoms with Gasteiger partial charge >= 0.3 is 5.97 Å². The number of aromatic hydroxyl groups is 1. The van der Waals surface area contributed by atoms with E-state index in [0.29, 0.717) is 43.2 Å². The maximum absolute atomic E-state index is 13.8. The van der Waals surface area contributed by atoms with Gasteiger partial charge in [0, 0.05) is 5.56 Å². The molecule has 1 unspecified atom stereocenters. The second-order valence-electron chi connectivity index (χ2n) is 8.44. The number of carbonyl (C=O) groups is 1. The van der Waals surface area contributed by atoms with Crippen molar-refractivity contribution in [2.45, 2.75) is 39.8 Å². The highest BCUT2D eigenvalue weighted by molar-refractivity contribution is 7.07. The number of thiazole rings is 1. The van der Waals surface area contributed by atoms with Crippen molar-refractivity contribution in [3.63, 3.8) is 0 Å². The molecule has 0 spiro atoms. The standard InChI is InChI=1S/C27H28N2O6S/c1-6-34-26(32)23-16(4)28-27-29(24(23)18-9-7-8-10-20(18)35-15(2)3)25(31)22(36-27)14-17-11-12-19(30)21(13-17)33-5/h7-15,24,30H,6H2,1-5H3. The third-order valence-electron chi connectivity index (χ3n) is 5.59. The van der Waals surface area contributed by atoms with Crippen molar-refractivity contribution >= 4 is 23.4 Å². The highest BCUT2D eigenvalue weighted by Gasteiger charge is 2.35.